The van der Waals surface area contributed by atoms with Crippen molar-refractivity contribution < 1.29 is 24.9 Å². The normalized spacial score (nSPS) is 32.9. The third kappa shape index (κ3) is 6.54. The highest BCUT2D eigenvalue weighted by atomic mass is 127. The topological polar surface area (TPSA) is 87.0 Å². The van der Waals surface area contributed by atoms with Crippen LogP contribution in [0.15, 0.2) is 24.8 Å². The van der Waals surface area contributed by atoms with Crippen molar-refractivity contribution in [2.75, 3.05) is 0 Å². The molecule has 0 aromatic heterocycles. The Hall–Kier alpha value is -0.440. The molecular formula is C22H35IO5. The molecule has 0 amide bonds. The van der Waals surface area contributed by atoms with Crippen LogP contribution in [0.5, 0.6) is 0 Å². The van der Waals surface area contributed by atoms with E-state index in [4.69, 9.17) is 9.84 Å². The van der Waals surface area contributed by atoms with Crippen molar-refractivity contribution in [2.45, 2.75) is 92.5 Å². The molecule has 6 heteroatoms. The molecule has 0 aromatic carbocycles. The van der Waals surface area contributed by atoms with Crippen LogP contribution in [-0.2, 0) is 9.53 Å². The van der Waals surface area contributed by atoms with Crippen molar-refractivity contribution in [1.29, 1.82) is 0 Å². The summed E-state index contributed by atoms with van der Waals surface area (Å²) < 4.78 is 6.45. The fourth-order valence-electron chi connectivity index (χ4n) is 4.73. The van der Waals surface area contributed by atoms with Gasteiger partial charge in [0, 0.05) is 16.4 Å². The van der Waals surface area contributed by atoms with Gasteiger partial charge in [-0.15, -0.1) is 6.58 Å². The van der Waals surface area contributed by atoms with Crippen molar-refractivity contribution >= 4 is 28.6 Å². The molecule has 2 rings (SSSR count). The van der Waals surface area contributed by atoms with Crippen molar-refractivity contribution in [3.05, 3.63) is 24.8 Å². The van der Waals surface area contributed by atoms with Crippen LogP contribution in [0.1, 0.15) is 64.7 Å². The van der Waals surface area contributed by atoms with Gasteiger partial charge in [-0.3, -0.25) is 0 Å². The Kier molecular flexibility index (Phi) is 9.44. The zero-order valence-corrected chi connectivity index (χ0v) is 19.0. The van der Waals surface area contributed by atoms with Crippen LogP contribution >= 0.6 is 22.6 Å². The number of carbonyl (C=O) groups is 1. The van der Waals surface area contributed by atoms with Gasteiger partial charge >= 0.3 is 5.97 Å². The molecule has 1 saturated heterocycles. The maximum atomic E-state index is 10.7. The van der Waals surface area contributed by atoms with Crippen molar-refractivity contribution in [3.8, 4) is 0 Å². The maximum absolute atomic E-state index is 10.7. The van der Waals surface area contributed by atoms with Crippen LogP contribution in [0, 0.1) is 11.8 Å². The molecule has 2 aliphatic rings. The van der Waals surface area contributed by atoms with E-state index in [-0.39, 0.29) is 28.2 Å². The molecule has 2 fully saturated rings. The minimum atomic E-state index is -0.922. The van der Waals surface area contributed by atoms with E-state index in [0.29, 0.717) is 25.2 Å². The molecule has 1 saturated carbocycles. The highest BCUT2D eigenvalue weighted by Gasteiger charge is 2.49. The number of hydrogen-bond donors (Lipinski definition) is 3. The van der Waals surface area contributed by atoms with Crippen LogP contribution in [0.25, 0.3) is 0 Å². The molecule has 7 atom stereocenters. The van der Waals surface area contributed by atoms with Crippen LogP contribution in [0.4, 0.5) is 0 Å². The second-order valence-corrected chi connectivity index (χ2v) is 9.98. The van der Waals surface area contributed by atoms with Crippen molar-refractivity contribution in [1.82, 2.24) is 0 Å². The highest BCUT2D eigenvalue weighted by Crippen LogP contribution is 2.47. The molecule has 160 valence electrons. The minimum absolute atomic E-state index is 0.101. The lowest BCUT2D eigenvalue weighted by atomic mass is 9.83. The largest absolute Gasteiger partial charge is 0.478 e. The summed E-state index contributed by atoms with van der Waals surface area (Å²) in [5.74, 6) is -0.351. The SMILES string of the molecule is C=CC(O)(CCCC)CCC[C@@H]1[C@H]2CC(C(I)CC=CC(=O)O)O[C@H]2C[C@H]1O. The van der Waals surface area contributed by atoms with E-state index in [1.807, 2.05) is 0 Å². The van der Waals surface area contributed by atoms with Crippen molar-refractivity contribution in [2.24, 2.45) is 11.8 Å². The summed E-state index contributed by atoms with van der Waals surface area (Å²) in [5, 5.41) is 29.9. The molecule has 28 heavy (non-hydrogen) atoms. The monoisotopic (exact) mass is 506 g/mol. The predicted molar refractivity (Wildman–Crippen MR) is 119 cm³/mol. The second kappa shape index (κ2) is 11.1. The number of alkyl halides is 1. The highest BCUT2D eigenvalue weighted by molar-refractivity contribution is 14.1. The summed E-state index contributed by atoms with van der Waals surface area (Å²) in [6.45, 7) is 5.92. The van der Waals surface area contributed by atoms with Gasteiger partial charge in [0.15, 0.2) is 0 Å². The van der Waals surface area contributed by atoms with Gasteiger partial charge in [-0.1, -0.05) is 54.5 Å². The third-order valence-corrected chi connectivity index (χ3v) is 7.68. The van der Waals surface area contributed by atoms with Gasteiger partial charge < -0.3 is 20.1 Å². The molecule has 0 bridgehead atoms. The lowest BCUT2D eigenvalue weighted by Gasteiger charge is -2.27. The average molecular weight is 506 g/mol. The average Bonchev–Trinajstić information content (AvgIpc) is 3.18. The first-order chi connectivity index (χ1) is 13.3. The quantitative estimate of drug-likeness (QED) is 0.160. The Morgan fingerprint density at radius 1 is 1.36 bits per heavy atom. The molecule has 1 aliphatic heterocycles. The summed E-state index contributed by atoms with van der Waals surface area (Å²) >= 11 is 2.34. The van der Waals surface area contributed by atoms with Crippen LogP contribution in [-0.4, -0.2) is 49.1 Å². The van der Waals surface area contributed by atoms with E-state index in [1.165, 1.54) is 6.08 Å². The van der Waals surface area contributed by atoms with Gasteiger partial charge in [0.2, 0.25) is 0 Å². The summed E-state index contributed by atoms with van der Waals surface area (Å²) in [5.41, 5.74) is -0.794. The van der Waals surface area contributed by atoms with E-state index in [2.05, 4.69) is 36.1 Å². The van der Waals surface area contributed by atoms with Gasteiger partial charge in [-0.05, 0) is 50.4 Å². The smallest absolute Gasteiger partial charge is 0.327 e. The van der Waals surface area contributed by atoms with E-state index in [1.54, 1.807) is 12.2 Å². The number of ether oxygens (including phenoxy) is 1. The van der Waals surface area contributed by atoms with Crippen LogP contribution in [0.3, 0.4) is 0 Å². The number of aliphatic carboxylic acids is 1. The zero-order chi connectivity index (χ0) is 20.7. The lowest BCUT2D eigenvalue weighted by molar-refractivity contribution is -0.131. The molecule has 5 nitrogen and oxygen atoms in total. The molecule has 0 radical (unpaired) electrons. The molecule has 0 spiro atoms. The first-order valence-corrected chi connectivity index (χ1v) is 11.8. The van der Waals surface area contributed by atoms with Gasteiger partial charge in [-0.25, -0.2) is 4.79 Å². The Labute approximate surface area is 182 Å². The molecule has 0 aromatic rings. The Morgan fingerprint density at radius 2 is 2.07 bits per heavy atom. The maximum Gasteiger partial charge on any atom is 0.327 e. The number of aliphatic hydroxyl groups excluding tert-OH is 1. The predicted octanol–water partition coefficient (Wildman–Crippen LogP) is 4.25. The summed E-state index contributed by atoms with van der Waals surface area (Å²) in [6, 6.07) is 0. The number of fused-ring (bicyclic) bond motifs is 1. The number of allylic oxidation sites excluding steroid dienone is 1. The van der Waals surface area contributed by atoms with Crippen molar-refractivity contribution in [3.63, 3.8) is 0 Å². The van der Waals surface area contributed by atoms with E-state index in [9.17, 15) is 15.0 Å². The molecule has 3 N–H and O–H groups in total. The summed E-state index contributed by atoms with van der Waals surface area (Å²) in [4.78, 5) is 10.6. The summed E-state index contributed by atoms with van der Waals surface area (Å²) in [7, 11) is 0. The Balaban J connectivity index is 1.84. The first-order valence-electron chi connectivity index (χ1n) is 10.5. The fourth-order valence-corrected chi connectivity index (χ4v) is 5.48. The van der Waals surface area contributed by atoms with Crippen LogP contribution in [0.2, 0.25) is 0 Å². The van der Waals surface area contributed by atoms with Gasteiger partial charge in [-0.2, -0.15) is 0 Å². The standard InChI is InChI=1S/C22H35IO5/c1-3-5-11-22(27,4-2)12-7-8-15-16-13-20(28-19(16)14-18(15)24)17(23)9-6-10-21(25)26/h4,6,10,15-20,24,27H,2-3,5,7-9,11-14H2,1H3,(H,25,26)/t15-,16-,17?,18-,19+,20?,22?/m1/s1. The van der Waals surface area contributed by atoms with Gasteiger partial charge in [0.25, 0.3) is 0 Å². The molecular weight excluding hydrogens is 471 g/mol. The Morgan fingerprint density at radius 3 is 2.71 bits per heavy atom. The fraction of sp³-hybridized carbons (Fsp3) is 0.773. The number of aliphatic hydroxyl groups is 2. The van der Waals surface area contributed by atoms with Gasteiger partial charge in [0.05, 0.1) is 23.9 Å². The number of halogens is 1. The number of carboxylic acids is 1. The van der Waals surface area contributed by atoms with E-state index in [0.717, 1.165) is 38.5 Å². The van der Waals surface area contributed by atoms with E-state index >= 15 is 0 Å². The third-order valence-electron chi connectivity index (χ3n) is 6.37. The number of carboxylic acid groups (broad SMARTS) is 1. The first kappa shape index (κ1) is 23.8. The van der Waals surface area contributed by atoms with Crippen LogP contribution < -0.4 is 0 Å². The molecule has 1 heterocycles. The van der Waals surface area contributed by atoms with E-state index < -0.39 is 11.6 Å². The molecule has 3 unspecified atom stereocenters. The second-order valence-electron chi connectivity index (χ2n) is 8.38. The Bertz CT molecular complexity index is 551. The minimum Gasteiger partial charge on any atom is -0.478 e. The number of hydrogen-bond acceptors (Lipinski definition) is 4. The lowest BCUT2D eigenvalue weighted by Crippen LogP contribution is -2.27. The number of rotatable bonds is 12. The summed E-state index contributed by atoms with van der Waals surface area (Å²) in [6.07, 6.45) is 12.0. The molecule has 1 aliphatic carbocycles. The number of unbranched alkanes of at least 4 members (excludes halogenated alkanes) is 1. The van der Waals surface area contributed by atoms with Gasteiger partial charge in [0.1, 0.15) is 0 Å². The zero-order valence-electron chi connectivity index (χ0n) is 16.8.